The van der Waals surface area contributed by atoms with Crippen molar-refractivity contribution in [3.63, 3.8) is 0 Å². The fourth-order valence-corrected chi connectivity index (χ4v) is 2.93. The zero-order valence-electron chi connectivity index (χ0n) is 14.5. The molecule has 0 aliphatic heterocycles. The first kappa shape index (κ1) is 18.3. The Morgan fingerprint density at radius 2 is 1.67 bits per heavy atom. The van der Waals surface area contributed by atoms with Crippen LogP contribution in [0.25, 0.3) is 0 Å². The van der Waals surface area contributed by atoms with Gasteiger partial charge in [-0.25, -0.2) is 0 Å². The van der Waals surface area contributed by atoms with E-state index in [1.54, 1.807) is 0 Å². The Bertz CT molecular complexity index is 270. The van der Waals surface area contributed by atoms with Gasteiger partial charge in [-0.05, 0) is 46.3 Å². The number of aliphatic imine (C=N–C) groups is 1. The Morgan fingerprint density at radius 3 is 2.33 bits per heavy atom. The summed E-state index contributed by atoms with van der Waals surface area (Å²) < 4.78 is 0. The molecule has 0 aromatic heterocycles. The number of guanidine groups is 1. The van der Waals surface area contributed by atoms with E-state index in [0.29, 0.717) is 6.04 Å². The molecule has 0 aromatic rings. The topological polar surface area (TPSA) is 39.7 Å². The van der Waals surface area contributed by atoms with Gasteiger partial charge in [-0.15, -0.1) is 0 Å². The molecule has 0 bridgehead atoms. The van der Waals surface area contributed by atoms with E-state index in [-0.39, 0.29) is 0 Å². The maximum absolute atomic E-state index is 4.34. The second-order valence-electron chi connectivity index (χ2n) is 6.55. The van der Waals surface area contributed by atoms with Crippen LogP contribution >= 0.6 is 0 Å². The van der Waals surface area contributed by atoms with Crippen LogP contribution < -0.4 is 10.6 Å². The number of hydrogen-bond acceptors (Lipinski definition) is 2. The van der Waals surface area contributed by atoms with Crippen molar-refractivity contribution in [2.75, 3.05) is 34.2 Å². The third-order valence-electron chi connectivity index (χ3n) is 4.24. The third kappa shape index (κ3) is 9.72. The number of nitrogens with zero attached hydrogens (tertiary/aromatic N) is 2. The molecule has 1 fully saturated rings. The van der Waals surface area contributed by atoms with Crippen LogP contribution in [0.15, 0.2) is 4.99 Å². The van der Waals surface area contributed by atoms with E-state index in [9.17, 15) is 0 Å². The van der Waals surface area contributed by atoms with Crippen LogP contribution in [0.5, 0.6) is 0 Å². The van der Waals surface area contributed by atoms with Crippen molar-refractivity contribution in [2.45, 2.75) is 70.3 Å². The zero-order valence-corrected chi connectivity index (χ0v) is 14.5. The molecule has 0 spiro atoms. The van der Waals surface area contributed by atoms with Crippen LogP contribution in [0, 0.1) is 0 Å². The first-order valence-corrected chi connectivity index (χ1v) is 8.84. The molecular formula is C17H36N4. The SMILES string of the molecule is CN=C(NCCCCCCCN(C)C)NC1CCCCC1. The van der Waals surface area contributed by atoms with Gasteiger partial charge in [0.1, 0.15) is 0 Å². The molecule has 0 unspecified atom stereocenters. The van der Waals surface area contributed by atoms with E-state index in [2.05, 4.69) is 34.6 Å². The molecule has 2 N–H and O–H groups in total. The van der Waals surface area contributed by atoms with Gasteiger partial charge in [0.05, 0.1) is 0 Å². The summed E-state index contributed by atoms with van der Waals surface area (Å²) in [5.41, 5.74) is 0. The van der Waals surface area contributed by atoms with Crippen LogP contribution in [-0.4, -0.2) is 51.1 Å². The van der Waals surface area contributed by atoms with Crippen molar-refractivity contribution in [3.05, 3.63) is 0 Å². The molecule has 21 heavy (non-hydrogen) atoms. The van der Waals surface area contributed by atoms with E-state index >= 15 is 0 Å². The van der Waals surface area contributed by atoms with Gasteiger partial charge < -0.3 is 15.5 Å². The Balaban J connectivity index is 1.97. The first-order chi connectivity index (χ1) is 10.2. The Morgan fingerprint density at radius 1 is 1.00 bits per heavy atom. The molecule has 0 saturated heterocycles. The Labute approximate surface area is 131 Å². The van der Waals surface area contributed by atoms with Gasteiger partial charge in [-0.1, -0.05) is 38.5 Å². The van der Waals surface area contributed by atoms with E-state index in [1.165, 1.54) is 70.8 Å². The fourth-order valence-electron chi connectivity index (χ4n) is 2.93. The molecule has 1 aliphatic carbocycles. The van der Waals surface area contributed by atoms with Gasteiger partial charge in [0, 0.05) is 19.6 Å². The molecule has 1 aliphatic rings. The minimum absolute atomic E-state index is 0.635. The molecule has 0 aromatic carbocycles. The lowest BCUT2D eigenvalue weighted by atomic mass is 9.96. The minimum atomic E-state index is 0.635. The molecule has 0 radical (unpaired) electrons. The highest BCUT2D eigenvalue weighted by Crippen LogP contribution is 2.17. The maximum atomic E-state index is 4.34. The fraction of sp³-hybridized carbons (Fsp3) is 0.941. The summed E-state index contributed by atoms with van der Waals surface area (Å²) in [6.07, 6.45) is 13.3. The maximum Gasteiger partial charge on any atom is 0.191 e. The van der Waals surface area contributed by atoms with Gasteiger partial charge in [-0.3, -0.25) is 4.99 Å². The zero-order chi connectivity index (χ0) is 15.3. The van der Waals surface area contributed by atoms with E-state index < -0.39 is 0 Å². The molecular weight excluding hydrogens is 260 g/mol. The van der Waals surface area contributed by atoms with Gasteiger partial charge in [0.25, 0.3) is 0 Å². The van der Waals surface area contributed by atoms with Crippen molar-refractivity contribution >= 4 is 5.96 Å². The molecule has 4 nitrogen and oxygen atoms in total. The Hall–Kier alpha value is -0.770. The molecule has 0 amide bonds. The Kier molecular flexibility index (Phi) is 10.3. The molecule has 1 saturated carbocycles. The van der Waals surface area contributed by atoms with Gasteiger partial charge in [0.15, 0.2) is 5.96 Å². The summed E-state index contributed by atoms with van der Waals surface area (Å²) in [6, 6.07) is 0.635. The molecule has 0 heterocycles. The summed E-state index contributed by atoms with van der Waals surface area (Å²) in [7, 11) is 6.17. The van der Waals surface area contributed by atoms with Crippen LogP contribution in [0.1, 0.15) is 64.2 Å². The van der Waals surface area contributed by atoms with Crippen LogP contribution in [0.3, 0.4) is 0 Å². The lowest BCUT2D eigenvalue weighted by molar-refractivity contribution is 0.389. The lowest BCUT2D eigenvalue weighted by Crippen LogP contribution is -2.44. The number of hydrogen-bond donors (Lipinski definition) is 2. The normalized spacial score (nSPS) is 17.2. The van der Waals surface area contributed by atoms with Gasteiger partial charge in [0.2, 0.25) is 0 Å². The largest absolute Gasteiger partial charge is 0.356 e. The number of rotatable bonds is 9. The lowest BCUT2D eigenvalue weighted by Gasteiger charge is -2.24. The van der Waals surface area contributed by atoms with Crippen molar-refractivity contribution in [1.82, 2.24) is 15.5 Å². The van der Waals surface area contributed by atoms with Crippen LogP contribution in [0.4, 0.5) is 0 Å². The average molecular weight is 297 g/mol. The third-order valence-corrected chi connectivity index (χ3v) is 4.24. The number of unbranched alkanes of at least 4 members (excludes halogenated alkanes) is 4. The quantitative estimate of drug-likeness (QED) is 0.390. The van der Waals surface area contributed by atoms with Gasteiger partial charge in [-0.2, -0.15) is 0 Å². The standard InChI is InChI=1S/C17H36N4/c1-18-17(20-16-12-8-7-9-13-16)19-14-10-5-4-6-11-15-21(2)3/h16H,4-15H2,1-3H3,(H2,18,19,20). The highest BCUT2D eigenvalue weighted by atomic mass is 15.2. The summed E-state index contributed by atoms with van der Waals surface area (Å²) in [5.74, 6) is 0.995. The van der Waals surface area contributed by atoms with Crippen molar-refractivity contribution in [3.8, 4) is 0 Å². The minimum Gasteiger partial charge on any atom is -0.356 e. The predicted octanol–water partition coefficient (Wildman–Crippen LogP) is 3.00. The smallest absolute Gasteiger partial charge is 0.191 e. The van der Waals surface area contributed by atoms with Crippen LogP contribution in [-0.2, 0) is 0 Å². The first-order valence-electron chi connectivity index (χ1n) is 8.84. The van der Waals surface area contributed by atoms with E-state index in [0.717, 1.165) is 12.5 Å². The van der Waals surface area contributed by atoms with Crippen molar-refractivity contribution in [2.24, 2.45) is 4.99 Å². The number of nitrogens with one attached hydrogen (secondary N) is 2. The highest BCUT2D eigenvalue weighted by Gasteiger charge is 2.13. The monoisotopic (exact) mass is 296 g/mol. The molecule has 1 rings (SSSR count). The van der Waals surface area contributed by atoms with Crippen molar-refractivity contribution in [1.29, 1.82) is 0 Å². The van der Waals surface area contributed by atoms with Crippen molar-refractivity contribution < 1.29 is 0 Å². The molecule has 0 atom stereocenters. The van der Waals surface area contributed by atoms with E-state index in [4.69, 9.17) is 0 Å². The summed E-state index contributed by atoms with van der Waals surface area (Å²) >= 11 is 0. The molecule has 4 heteroatoms. The summed E-state index contributed by atoms with van der Waals surface area (Å²) in [4.78, 5) is 6.60. The highest BCUT2D eigenvalue weighted by molar-refractivity contribution is 5.79. The second-order valence-corrected chi connectivity index (χ2v) is 6.55. The summed E-state index contributed by atoms with van der Waals surface area (Å²) in [5, 5.41) is 7.02. The predicted molar refractivity (Wildman–Crippen MR) is 93.0 cm³/mol. The van der Waals surface area contributed by atoms with E-state index in [1.807, 2.05) is 7.05 Å². The second kappa shape index (κ2) is 11.8. The van der Waals surface area contributed by atoms with Crippen LogP contribution in [0.2, 0.25) is 0 Å². The average Bonchev–Trinajstić information content (AvgIpc) is 2.49. The van der Waals surface area contributed by atoms with Gasteiger partial charge >= 0.3 is 0 Å². The summed E-state index contributed by atoms with van der Waals surface area (Å²) in [6.45, 7) is 2.26. The molecule has 124 valence electrons.